The number of amides is 1. The van der Waals surface area contributed by atoms with E-state index in [-0.39, 0.29) is 17.5 Å². The Morgan fingerprint density at radius 3 is 2.73 bits per heavy atom. The Bertz CT molecular complexity index is 632. The van der Waals surface area contributed by atoms with Gasteiger partial charge in [0, 0.05) is 6.54 Å². The monoisotopic (exact) mass is 327 g/mol. The molecule has 1 aliphatic heterocycles. The molecule has 3 rings (SSSR count). The lowest BCUT2D eigenvalue weighted by molar-refractivity contribution is -0.157. The summed E-state index contributed by atoms with van der Waals surface area (Å²) < 4.78 is 18.8. The number of halogens is 2. The molecule has 1 aromatic carbocycles. The molecule has 118 valence electrons. The Balaban J connectivity index is 1.75. The molecule has 2 aliphatic rings. The molecule has 0 aromatic heterocycles. The first kappa shape index (κ1) is 15.2. The second-order valence-electron chi connectivity index (χ2n) is 5.67. The van der Waals surface area contributed by atoms with E-state index in [9.17, 15) is 19.1 Å². The van der Waals surface area contributed by atoms with Gasteiger partial charge in [0.15, 0.2) is 0 Å². The Morgan fingerprint density at radius 1 is 1.41 bits per heavy atom. The van der Waals surface area contributed by atoms with Gasteiger partial charge in [-0.15, -0.1) is 0 Å². The second-order valence-corrected chi connectivity index (χ2v) is 6.08. The molecule has 0 spiro atoms. The lowest BCUT2D eigenvalue weighted by Gasteiger charge is -2.34. The van der Waals surface area contributed by atoms with Gasteiger partial charge in [-0.05, 0) is 30.5 Å². The number of aliphatic carboxylic acids is 1. The Kier molecular flexibility index (Phi) is 3.82. The molecule has 7 heteroatoms. The SMILES string of the molecule is O=C(O)C1(C(=O)N2CCO[C@H](c3ccc(F)c(Cl)c3)C2)CC1. The van der Waals surface area contributed by atoms with Crippen LogP contribution < -0.4 is 0 Å². The zero-order valence-electron chi connectivity index (χ0n) is 11.7. The van der Waals surface area contributed by atoms with Gasteiger partial charge >= 0.3 is 5.97 Å². The van der Waals surface area contributed by atoms with Gasteiger partial charge < -0.3 is 14.7 Å². The van der Waals surface area contributed by atoms with E-state index in [1.165, 1.54) is 17.0 Å². The molecule has 0 radical (unpaired) electrons. The summed E-state index contributed by atoms with van der Waals surface area (Å²) in [6.07, 6.45) is 0.331. The molecule has 1 saturated heterocycles. The van der Waals surface area contributed by atoms with Crippen molar-refractivity contribution in [3.05, 3.63) is 34.6 Å². The molecule has 0 bridgehead atoms. The van der Waals surface area contributed by atoms with Crippen molar-refractivity contribution in [3.8, 4) is 0 Å². The lowest BCUT2D eigenvalue weighted by Crippen LogP contribution is -2.47. The number of carbonyl (C=O) groups excluding carboxylic acids is 1. The molecule has 2 fully saturated rings. The lowest BCUT2D eigenvalue weighted by atomic mass is 10.0. The smallest absolute Gasteiger partial charge is 0.319 e. The van der Waals surface area contributed by atoms with Gasteiger partial charge in [0.2, 0.25) is 5.91 Å². The maximum atomic E-state index is 13.2. The van der Waals surface area contributed by atoms with Crippen LogP contribution in [0, 0.1) is 11.2 Å². The topological polar surface area (TPSA) is 66.8 Å². The third-order valence-electron chi connectivity index (χ3n) is 4.24. The van der Waals surface area contributed by atoms with Crippen molar-refractivity contribution in [1.29, 1.82) is 0 Å². The van der Waals surface area contributed by atoms with Gasteiger partial charge in [-0.3, -0.25) is 9.59 Å². The predicted molar refractivity (Wildman–Crippen MR) is 76.0 cm³/mol. The summed E-state index contributed by atoms with van der Waals surface area (Å²) in [6, 6.07) is 4.28. The average Bonchev–Trinajstić information content (AvgIpc) is 3.31. The average molecular weight is 328 g/mol. The number of carboxylic acids is 1. The highest BCUT2D eigenvalue weighted by Crippen LogP contribution is 2.48. The van der Waals surface area contributed by atoms with Crippen molar-refractivity contribution < 1.29 is 23.8 Å². The number of nitrogens with zero attached hydrogens (tertiary/aromatic N) is 1. The van der Waals surface area contributed by atoms with Crippen molar-refractivity contribution in [3.63, 3.8) is 0 Å². The summed E-state index contributed by atoms with van der Waals surface area (Å²) >= 11 is 5.77. The van der Waals surface area contributed by atoms with Crippen LogP contribution in [0.15, 0.2) is 18.2 Å². The maximum Gasteiger partial charge on any atom is 0.319 e. The van der Waals surface area contributed by atoms with E-state index >= 15 is 0 Å². The molecule has 1 N–H and O–H groups in total. The Morgan fingerprint density at radius 2 is 2.14 bits per heavy atom. The number of benzene rings is 1. The molecule has 1 atom stereocenters. The number of rotatable bonds is 3. The summed E-state index contributed by atoms with van der Waals surface area (Å²) in [5, 5.41) is 9.21. The molecule has 1 saturated carbocycles. The van der Waals surface area contributed by atoms with Crippen LogP contribution >= 0.6 is 11.6 Å². The van der Waals surface area contributed by atoms with Gasteiger partial charge in [-0.1, -0.05) is 17.7 Å². The number of hydrogen-bond donors (Lipinski definition) is 1. The highest BCUT2D eigenvalue weighted by molar-refractivity contribution is 6.30. The van der Waals surface area contributed by atoms with Crippen molar-refractivity contribution in [2.75, 3.05) is 19.7 Å². The first-order chi connectivity index (χ1) is 10.4. The summed E-state index contributed by atoms with van der Waals surface area (Å²) in [5.41, 5.74) is -0.577. The molecular formula is C15H15ClFNO4. The number of hydrogen-bond acceptors (Lipinski definition) is 3. The van der Waals surface area contributed by atoms with Gasteiger partial charge in [0.05, 0.1) is 18.2 Å². The molecular weight excluding hydrogens is 313 g/mol. The fourth-order valence-electron chi connectivity index (χ4n) is 2.69. The highest BCUT2D eigenvalue weighted by atomic mass is 35.5. The van der Waals surface area contributed by atoms with Crippen LogP contribution in [-0.2, 0) is 14.3 Å². The quantitative estimate of drug-likeness (QED) is 0.865. The van der Waals surface area contributed by atoms with Crippen LogP contribution in [0.3, 0.4) is 0 Å². The van der Waals surface area contributed by atoms with E-state index in [4.69, 9.17) is 16.3 Å². The van der Waals surface area contributed by atoms with E-state index in [1.807, 2.05) is 0 Å². The van der Waals surface area contributed by atoms with Crippen LogP contribution in [0.1, 0.15) is 24.5 Å². The minimum atomic E-state index is -1.25. The molecule has 1 aliphatic carbocycles. The Labute approximate surface area is 131 Å². The predicted octanol–water partition coefficient (Wildman–Crippen LogP) is 2.24. The third-order valence-corrected chi connectivity index (χ3v) is 4.53. The molecule has 1 heterocycles. The summed E-state index contributed by atoms with van der Waals surface area (Å²) in [6.45, 7) is 0.913. The van der Waals surface area contributed by atoms with Crippen LogP contribution in [0.2, 0.25) is 5.02 Å². The first-order valence-electron chi connectivity index (χ1n) is 7.03. The largest absolute Gasteiger partial charge is 0.480 e. The van der Waals surface area contributed by atoms with Crippen molar-refractivity contribution in [1.82, 2.24) is 4.90 Å². The van der Waals surface area contributed by atoms with Gasteiger partial charge in [-0.2, -0.15) is 0 Å². The second kappa shape index (κ2) is 5.52. The standard InChI is InChI=1S/C15H15ClFNO4/c16-10-7-9(1-2-11(10)17)12-8-18(5-6-22-12)13(19)15(3-4-15)14(20)21/h1-2,7,12H,3-6,8H2,(H,20,21)/t12-/m0/s1. The van der Waals surface area contributed by atoms with Crippen LogP contribution in [0.25, 0.3) is 0 Å². The third kappa shape index (κ3) is 2.57. The first-order valence-corrected chi connectivity index (χ1v) is 7.41. The molecule has 1 amide bonds. The zero-order valence-corrected chi connectivity index (χ0v) is 12.5. The molecule has 0 unspecified atom stereocenters. The number of morpholine rings is 1. The minimum Gasteiger partial charge on any atom is -0.480 e. The normalized spacial score (nSPS) is 23.2. The summed E-state index contributed by atoms with van der Waals surface area (Å²) in [4.78, 5) is 25.2. The highest BCUT2D eigenvalue weighted by Gasteiger charge is 2.58. The van der Waals surface area contributed by atoms with E-state index in [2.05, 4.69) is 0 Å². The number of ether oxygens (including phenoxy) is 1. The van der Waals surface area contributed by atoms with E-state index < -0.39 is 23.3 Å². The summed E-state index contributed by atoms with van der Waals surface area (Å²) in [7, 11) is 0. The number of carbonyl (C=O) groups is 2. The fraction of sp³-hybridized carbons (Fsp3) is 0.467. The van der Waals surface area contributed by atoms with Gasteiger partial charge in [-0.25, -0.2) is 4.39 Å². The van der Waals surface area contributed by atoms with Crippen LogP contribution in [0.5, 0.6) is 0 Å². The van der Waals surface area contributed by atoms with Crippen molar-refractivity contribution >= 4 is 23.5 Å². The number of carboxylic acid groups (broad SMARTS) is 1. The van der Waals surface area contributed by atoms with E-state index in [1.54, 1.807) is 6.07 Å². The minimum absolute atomic E-state index is 0.00579. The van der Waals surface area contributed by atoms with E-state index in [0.717, 1.165) is 0 Å². The van der Waals surface area contributed by atoms with Gasteiger partial charge in [0.1, 0.15) is 17.3 Å². The van der Waals surface area contributed by atoms with Crippen molar-refractivity contribution in [2.24, 2.45) is 5.41 Å². The zero-order chi connectivity index (χ0) is 15.9. The molecule has 5 nitrogen and oxygen atoms in total. The van der Waals surface area contributed by atoms with Crippen LogP contribution in [0.4, 0.5) is 4.39 Å². The fourth-order valence-corrected chi connectivity index (χ4v) is 2.88. The molecule has 22 heavy (non-hydrogen) atoms. The van der Waals surface area contributed by atoms with Crippen molar-refractivity contribution in [2.45, 2.75) is 18.9 Å². The van der Waals surface area contributed by atoms with Gasteiger partial charge in [0.25, 0.3) is 0 Å². The Hall–Kier alpha value is -1.66. The molecule has 1 aromatic rings. The van der Waals surface area contributed by atoms with E-state index in [0.29, 0.717) is 31.6 Å². The maximum absolute atomic E-state index is 13.2. The van der Waals surface area contributed by atoms with Crippen LogP contribution in [-0.4, -0.2) is 41.6 Å². The summed E-state index contributed by atoms with van der Waals surface area (Å²) in [5.74, 6) is -1.94.